The van der Waals surface area contributed by atoms with E-state index in [4.69, 9.17) is 39.8 Å². The SMILES string of the molecule is Cc1ccc(-n2c(SCc3ccc(Cl)cc3Cl)nc3sc4c(c3c2=O)CC[C@H](C)C4)cc1Cl. The van der Waals surface area contributed by atoms with Crippen LogP contribution in [0.15, 0.2) is 46.3 Å². The number of nitrogens with zero attached hydrogens (tertiary/aromatic N) is 2. The molecule has 0 saturated heterocycles. The minimum absolute atomic E-state index is 0.0309. The lowest BCUT2D eigenvalue weighted by atomic mass is 9.89. The first-order valence-electron chi connectivity index (χ1n) is 10.7. The molecule has 0 fully saturated rings. The van der Waals surface area contributed by atoms with E-state index in [0.29, 0.717) is 31.9 Å². The van der Waals surface area contributed by atoms with Crippen LogP contribution in [-0.2, 0) is 18.6 Å². The molecule has 0 spiro atoms. The summed E-state index contributed by atoms with van der Waals surface area (Å²) in [7, 11) is 0. The Labute approximate surface area is 215 Å². The fourth-order valence-corrected chi connectivity index (χ4v) is 7.37. The quantitative estimate of drug-likeness (QED) is 0.195. The molecule has 0 saturated carbocycles. The van der Waals surface area contributed by atoms with Crippen LogP contribution in [-0.4, -0.2) is 9.55 Å². The third kappa shape index (κ3) is 4.46. The smallest absolute Gasteiger partial charge is 0.267 e. The molecule has 0 aliphatic heterocycles. The number of thiophene rings is 1. The third-order valence-electron chi connectivity index (χ3n) is 6.08. The molecule has 0 radical (unpaired) electrons. The second kappa shape index (κ2) is 9.27. The molecule has 1 aliphatic carbocycles. The van der Waals surface area contributed by atoms with Crippen molar-refractivity contribution in [2.45, 2.75) is 44.0 Å². The Balaban J connectivity index is 1.67. The average Bonchev–Trinajstić information content (AvgIpc) is 3.13. The number of fused-ring (bicyclic) bond motifs is 3. The Morgan fingerprint density at radius 1 is 1.15 bits per heavy atom. The molecule has 2 heterocycles. The highest BCUT2D eigenvalue weighted by atomic mass is 35.5. The third-order valence-corrected chi connectivity index (χ3v) is 9.21. The zero-order valence-electron chi connectivity index (χ0n) is 18.1. The maximum absolute atomic E-state index is 13.9. The van der Waals surface area contributed by atoms with Gasteiger partial charge in [0.05, 0.1) is 11.1 Å². The largest absolute Gasteiger partial charge is 0.268 e. The van der Waals surface area contributed by atoms with Crippen molar-refractivity contribution in [2.75, 3.05) is 0 Å². The molecule has 0 unspecified atom stereocenters. The lowest BCUT2D eigenvalue weighted by molar-refractivity contribution is 0.509. The molecular formula is C25H21Cl3N2OS2. The summed E-state index contributed by atoms with van der Waals surface area (Å²) < 4.78 is 1.70. The summed E-state index contributed by atoms with van der Waals surface area (Å²) in [4.78, 5) is 21.0. The highest BCUT2D eigenvalue weighted by Crippen LogP contribution is 2.38. The van der Waals surface area contributed by atoms with Crippen LogP contribution in [0.1, 0.15) is 34.9 Å². The Bertz CT molecular complexity index is 1440. The van der Waals surface area contributed by atoms with Crippen molar-refractivity contribution in [3.05, 3.63) is 83.4 Å². The van der Waals surface area contributed by atoms with E-state index < -0.39 is 0 Å². The van der Waals surface area contributed by atoms with Gasteiger partial charge in [0.1, 0.15) is 4.83 Å². The average molecular weight is 536 g/mol. The van der Waals surface area contributed by atoms with Crippen molar-refractivity contribution < 1.29 is 0 Å². The standard InChI is InChI=1S/C25H21Cl3N2OS2/c1-13-3-8-18-21(9-13)33-23-22(18)24(31)30(17-7-4-14(2)19(27)11-17)25(29-23)32-12-15-5-6-16(26)10-20(15)28/h4-7,10-11,13H,3,8-9,12H2,1-2H3/t13-/m0/s1. The number of aromatic nitrogens is 2. The number of rotatable bonds is 4. The van der Waals surface area contributed by atoms with Crippen LogP contribution in [0.5, 0.6) is 0 Å². The van der Waals surface area contributed by atoms with Gasteiger partial charge in [0.2, 0.25) is 0 Å². The number of halogens is 3. The van der Waals surface area contributed by atoms with Crippen molar-refractivity contribution in [3.63, 3.8) is 0 Å². The van der Waals surface area contributed by atoms with Crippen molar-refractivity contribution >= 4 is 68.1 Å². The van der Waals surface area contributed by atoms with E-state index in [2.05, 4.69) is 6.92 Å². The zero-order valence-corrected chi connectivity index (χ0v) is 22.0. The van der Waals surface area contributed by atoms with Gasteiger partial charge < -0.3 is 0 Å². The second-order valence-electron chi connectivity index (χ2n) is 8.52. The minimum Gasteiger partial charge on any atom is -0.268 e. The van der Waals surface area contributed by atoms with Crippen LogP contribution in [0.25, 0.3) is 15.9 Å². The number of thioether (sulfide) groups is 1. The number of aryl methyl sites for hydroxylation is 2. The van der Waals surface area contributed by atoms with Gasteiger partial charge in [0.25, 0.3) is 5.56 Å². The maximum Gasteiger partial charge on any atom is 0.267 e. The fourth-order valence-electron chi connectivity index (χ4n) is 4.20. The molecule has 0 amide bonds. The first-order chi connectivity index (χ1) is 15.8. The van der Waals surface area contributed by atoms with E-state index >= 15 is 0 Å². The van der Waals surface area contributed by atoms with E-state index in [1.807, 2.05) is 37.3 Å². The number of hydrogen-bond donors (Lipinski definition) is 0. The molecule has 2 aromatic heterocycles. The van der Waals surface area contributed by atoms with Crippen LogP contribution in [0.3, 0.4) is 0 Å². The van der Waals surface area contributed by atoms with Gasteiger partial charge in [-0.3, -0.25) is 9.36 Å². The van der Waals surface area contributed by atoms with Crippen molar-refractivity contribution in [2.24, 2.45) is 5.92 Å². The topological polar surface area (TPSA) is 34.9 Å². The summed E-state index contributed by atoms with van der Waals surface area (Å²) in [5.74, 6) is 1.19. The highest BCUT2D eigenvalue weighted by Gasteiger charge is 2.25. The Kier molecular flexibility index (Phi) is 6.53. The molecule has 5 rings (SSSR count). The van der Waals surface area contributed by atoms with Gasteiger partial charge in [0.15, 0.2) is 5.16 Å². The molecular weight excluding hydrogens is 515 g/mol. The molecule has 1 aliphatic rings. The van der Waals surface area contributed by atoms with Gasteiger partial charge in [-0.1, -0.05) is 65.6 Å². The molecule has 170 valence electrons. The summed E-state index contributed by atoms with van der Waals surface area (Å²) in [5.41, 5.74) is 3.77. The van der Waals surface area contributed by atoms with Gasteiger partial charge in [-0.25, -0.2) is 4.98 Å². The monoisotopic (exact) mass is 534 g/mol. The molecule has 2 aromatic carbocycles. The van der Waals surface area contributed by atoms with Crippen LogP contribution in [0.4, 0.5) is 0 Å². The predicted octanol–water partition coefficient (Wildman–Crippen LogP) is 8.13. The Morgan fingerprint density at radius 3 is 2.73 bits per heavy atom. The molecule has 0 N–H and O–H groups in total. The Morgan fingerprint density at radius 2 is 1.97 bits per heavy atom. The lowest BCUT2D eigenvalue weighted by Crippen LogP contribution is -2.22. The summed E-state index contributed by atoms with van der Waals surface area (Å²) in [6, 6.07) is 11.2. The Hall–Kier alpha value is -1.50. The molecule has 0 bridgehead atoms. The van der Waals surface area contributed by atoms with Crippen molar-refractivity contribution in [3.8, 4) is 5.69 Å². The zero-order chi connectivity index (χ0) is 23.3. The lowest BCUT2D eigenvalue weighted by Gasteiger charge is -2.18. The van der Waals surface area contributed by atoms with Gasteiger partial charge in [-0.15, -0.1) is 11.3 Å². The summed E-state index contributed by atoms with van der Waals surface area (Å²) in [5, 5.41) is 3.21. The summed E-state index contributed by atoms with van der Waals surface area (Å²) >= 11 is 22.0. The van der Waals surface area contributed by atoms with E-state index in [1.54, 1.807) is 22.0 Å². The van der Waals surface area contributed by atoms with Crippen LogP contribution in [0, 0.1) is 12.8 Å². The first-order valence-corrected chi connectivity index (χ1v) is 13.7. The molecule has 8 heteroatoms. The molecule has 1 atom stereocenters. The van der Waals surface area contributed by atoms with E-state index in [1.165, 1.54) is 22.2 Å². The number of benzene rings is 2. The van der Waals surface area contributed by atoms with Gasteiger partial charge >= 0.3 is 0 Å². The van der Waals surface area contributed by atoms with E-state index in [-0.39, 0.29) is 5.56 Å². The molecule has 4 aromatic rings. The van der Waals surface area contributed by atoms with Crippen LogP contribution in [0.2, 0.25) is 15.1 Å². The minimum atomic E-state index is -0.0309. The maximum atomic E-state index is 13.9. The fraction of sp³-hybridized carbons (Fsp3) is 0.280. The van der Waals surface area contributed by atoms with Gasteiger partial charge in [-0.2, -0.15) is 0 Å². The van der Waals surface area contributed by atoms with Gasteiger partial charge in [-0.05, 0) is 73.1 Å². The van der Waals surface area contributed by atoms with Crippen LogP contribution >= 0.6 is 57.9 Å². The summed E-state index contributed by atoms with van der Waals surface area (Å²) in [6.07, 6.45) is 3.03. The van der Waals surface area contributed by atoms with Crippen LogP contribution < -0.4 is 5.56 Å². The van der Waals surface area contributed by atoms with E-state index in [0.717, 1.165) is 46.3 Å². The molecule has 3 nitrogen and oxygen atoms in total. The van der Waals surface area contributed by atoms with Crippen molar-refractivity contribution in [1.29, 1.82) is 0 Å². The molecule has 33 heavy (non-hydrogen) atoms. The van der Waals surface area contributed by atoms with Gasteiger partial charge in [0, 0.05) is 25.7 Å². The number of hydrogen-bond acceptors (Lipinski definition) is 4. The first kappa shape index (κ1) is 23.3. The normalized spacial score (nSPS) is 15.7. The van der Waals surface area contributed by atoms with E-state index in [9.17, 15) is 4.79 Å². The van der Waals surface area contributed by atoms with Crippen molar-refractivity contribution in [1.82, 2.24) is 9.55 Å². The predicted molar refractivity (Wildman–Crippen MR) is 142 cm³/mol. The second-order valence-corrected chi connectivity index (χ2v) is 11.8. The summed E-state index contributed by atoms with van der Waals surface area (Å²) in [6.45, 7) is 4.22. The highest BCUT2D eigenvalue weighted by molar-refractivity contribution is 7.98.